The highest BCUT2D eigenvalue weighted by Gasteiger charge is 2.30. The molecule has 13 nitrogen and oxygen atoms in total. The van der Waals surface area contributed by atoms with Crippen LogP contribution in [0.3, 0.4) is 0 Å². The SMILES string of the molecule is COc1ccc(C[C@@H]2NC(=O)c3ccc(OC)c(c3)CCCNC(=O)CN(C(=O)[C@@H](N)Cc3cnc[nH]3)CC(CC(C)C)NC2=O)cc1. The van der Waals surface area contributed by atoms with Crippen molar-refractivity contribution in [3.63, 3.8) is 0 Å². The summed E-state index contributed by atoms with van der Waals surface area (Å²) in [6, 6.07) is 10.00. The molecule has 2 bridgehead atoms. The van der Waals surface area contributed by atoms with Gasteiger partial charge in [0.2, 0.25) is 17.7 Å². The zero-order chi connectivity index (χ0) is 34.6. The zero-order valence-electron chi connectivity index (χ0n) is 28.1. The van der Waals surface area contributed by atoms with Gasteiger partial charge >= 0.3 is 0 Å². The van der Waals surface area contributed by atoms with Crippen LogP contribution in [0.2, 0.25) is 0 Å². The van der Waals surface area contributed by atoms with Crippen LogP contribution in [0, 0.1) is 5.92 Å². The molecule has 4 amide bonds. The normalized spacial score (nSPS) is 18.7. The van der Waals surface area contributed by atoms with E-state index in [-0.39, 0.29) is 37.8 Å². The Kier molecular flexibility index (Phi) is 13.0. The third-order valence-electron chi connectivity index (χ3n) is 8.21. The minimum atomic E-state index is -0.947. The van der Waals surface area contributed by atoms with Gasteiger partial charge in [-0.05, 0) is 66.6 Å². The molecule has 2 aromatic carbocycles. The molecule has 3 atom stereocenters. The molecule has 0 aliphatic carbocycles. The smallest absolute Gasteiger partial charge is 0.251 e. The van der Waals surface area contributed by atoms with Crippen LogP contribution >= 0.6 is 0 Å². The minimum Gasteiger partial charge on any atom is -0.497 e. The summed E-state index contributed by atoms with van der Waals surface area (Å²) in [5, 5.41) is 8.93. The fourth-order valence-corrected chi connectivity index (χ4v) is 5.80. The van der Waals surface area contributed by atoms with Crippen molar-refractivity contribution >= 4 is 23.6 Å². The van der Waals surface area contributed by atoms with E-state index in [1.165, 1.54) is 11.2 Å². The number of aromatic nitrogens is 2. The van der Waals surface area contributed by atoms with Crippen LogP contribution in [0.15, 0.2) is 55.0 Å². The summed E-state index contributed by atoms with van der Waals surface area (Å²) in [6.07, 6.45) is 5.12. The highest BCUT2D eigenvalue weighted by atomic mass is 16.5. The standard InChI is InChI=1S/C35H47N7O6/c1-22(2)14-27-19-42(35(46)29(36)17-26-18-37-21-39-26)20-32(43)38-13-5-6-24-16-25(9-12-31(24)48-4)33(44)41-30(34(45)40-27)15-23-7-10-28(47-3)11-8-23/h7-12,16,18,21-22,27,29-30H,5-6,13-15,17,19-20,36H2,1-4H3,(H,37,39)(H,38,43)(H,40,45)(H,41,44)/t27?,29-,30-/m0/s1. The molecule has 4 rings (SSSR count). The van der Waals surface area contributed by atoms with E-state index in [9.17, 15) is 19.2 Å². The van der Waals surface area contributed by atoms with E-state index in [0.717, 1.165) is 11.1 Å². The molecule has 258 valence electrons. The van der Waals surface area contributed by atoms with Crippen LogP contribution in [-0.2, 0) is 33.6 Å². The van der Waals surface area contributed by atoms with Crippen molar-refractivity contribution in [2.45, 2.75) is 64.1 Å². The summed E-state index contributed by atoms with van der Waals surface area (Å²) < 4.78 is 10.8. The Balaban J connectivity index is 1.67. The van der Waals surface area contributed by atoms with Crippen molar-refractivity contribution in [2.24, 2.45) is 11.7 Å². The number of amides is 4. The molecular weight excluding hydrogens is 614 g/mol. The average Bonchev–Trinajstić information content (AvgIpc) is 3.58. The lowest BCUT2D eigenvalue weighted by Crippen LogP contribution is -2.56. The predicted molar refractivity (Wildman–Crippen MR) is 181 cm³/mol. The zero-order valence-corrected chi connectivity index (χ0v) is 28.1. The second-order valence-corrected chi connectivity index (χ2v) is 12.5. The summed E-state index contributed by atoms with van der Waals surface area (Å²) in [7, 11) is 3.13. The van der Waals surface area contributed by atoms with Gasteiger partial charge in [0.15, 0.2) is 0 Å². The van der Waals surface area contributed by atoms with E-state index in [2.05, 4.69) is 25.9 Å². The van der Waals surface area contributed by atoms with Crippen LogP contribution in [0.25, 0.3) is 0 Å². The van der Waals surface area contributed by atoms with Gasteiger partial charge in [0.05, 0.1) is 33.1 Å². The molecule has 0 saturated carbocycles. The largest absolute Gasteiger partial charge is 0.497 e. The number of hydrogen-bond acceptors (Lipinski definition) is 8. The van der Waals surface area contributed by atoms with Gasteiger partial charge in [-0.25, -0.2) is 4.98 Å². The molecule has 0 spiro atoms. The fraction of sp³-hybridized carbons (Fsp3) is 0.457. The average molecular weight is 662 g/mol. The molecule has 48 heavy (non-hydrogen) atoms. The number of imidazole rings is 1. The van der Waals surface area contributed by atoms with Crippen LogP contribution < -0.4 is 31.2 Å². The van der Waals surface area contributed by atoms with Gasteiger partial charge in [-0.3, -0.25) is 19.2 Å². The highest BCUT2D eigenvalue weighted by Crippen LogP contribution is 2.22. The number of H-pyrrole nitrogens is 1. The van der Waals surface area contributed by atoms with E-state index >= 15 is 0 Å². The van der Waals surface area contributed by atoms with Gasteiger partial charge in [0.25, 0.3) is 5.91 Å². The monoisotopic (exact) mass is 661 g/mol. The fourth-order valence-electron chi connectivity index (χ4n) is 5.80. The molecule has 3 aromatic rings. The van der Waals surface area contributed by atoms with Gasteiger partial charge in [-0.2, -0.15) is 0 Å². The van der Waals surface area contributed by atoms with Crippen molar-refractivity contribution in [1.82, 2.24) is 30.8 Å². The van der Waals surface area contributed by atoms with Crippen molar-refractivity contribution in [3.05, 3.63) is 77.4 Å². The maximum atomic E-state index is 14.0. The number of nitrogens with two attached hydrogens (primary N) is 1. The number of aromatic amines is 1. The predicted octanol–water partition coefficient (Wildman–Crippen LogP) is 1.76. The summed E-state index contributed by atoms with van der Waals surface area (Å²) >= 11 is 0. The first-order valence-corrected chi connectivity index (χ1v) is 16.3. The molecule has 0 fully saturated rings. The number of carbonyl (C=O) groups is 4. The number of hydrogen-bond donors (Lipinski definition) is 5. The summed E-state index contributed by atoms with van der Waals surface area (Å²) in [6.45, 7) is 4.18. The lowest BCUT2D eigenvalue weighted by molar-refractivity contribution is -0.138. The summed E-state index contributed by atoms with van der Waals surface area (Å²) in [4.78, 5) is 63.0. The number of methoxy groups -OCH3 is 2. The first-order chi connectivity index (χ1) is 23.1. The topological polar surface area (TPSA) is 181 Å². The maximum absolute atomic E-state index is 14.0. The van der Waals surface area contributed by atoms with E-state index in [0.29, 0.717) is 48.6 Å². The summed E-state index contributed by atoms with van der Waals surface area (Å²) in [5.41, 5.74) is 9.03. The molecule has 1 aliphatic rings. The third-order valence-corrected chi connectivity index (χ3v) is 8.21. The molecule has 0 radical (unpaired) electrons. The Bertz CT molecular complexity index is 1530. The van der Waals surface area contributed by atoms with Crippen LogP contribution in [-0.4, -0.2) is 90.5 Å². The maximum Gasteiger partial charge on any atom is 0.251 e. The molecular formula is C35H47N7O6. The number of ether oxygens (including phenoxy) is 2. The quantitative estimate of drug-likeness (QED) is 0.230. The molecule has 13 heteroatoms. The Morgan fingerprint density at radius 3 is 2.50 bits per heavy atom. The Labute approximate surface area is 281 Å². The van der Waals surface area contributed by atoms with Crippen molar-refractivity contribution in [1.29, 1.82) is 0 Å². The third kappa shape index (κ3) is 10.3. The number of nitrogens with zero attached hydrogens (tertiary/aromatic N) is 2. The van der Waals surface area contributed by atoms with E-state index in [1.807, 2.05) is 26.0 Å². The summed E-state index contributed by atoms with van der Waals surface area (Å²) in [5.74, 6) is -0.170. The van der Waals surface area contributed by atoms with E-state index < -0.39 is 35.8 Å². The van der Waals surface area contributed by atoms with Crippen LogP contribution in [0.1, 0.15) is 53.9 Å². The number of aryl methyl sites for hydroxylation is 1. The number of carbonyl (C=O) groups excluding carboxylic acids is 4. The van der Waals surface area contributed by atoms with Gasteiger partial charge in [-0.1, -0.05) is 26.0 Å². The lowest BCUT2D eigenvalue weighted by Gasteiger charge is -2.31. The van der Waals surface area contributed by atoms with Crippen LogP contribution in [0.5, 0.6) is 11.5 Å². The number of nitrogens with one attached hydrogen (secondary N) is 4. The Hall–Kier alpha value is -4.91. The molecule has 1 aliphatic heterocycles. The van der Waals surface area contributed by atoms with Gasteiger partial charge in [0, 0.05) is 49.4 Å². The Morgan fingerprint density at radius 1 is 1.06 bits per heavy atom. The first-order valence-electron chi connectivity index (χ1n) is 16.3. The number of fused-ring (bicyclic) bond motifs is 2. The lowest BCUT2D eigenvalue weighted by atomic mass is 10.00. The van der Waals surface area contributed by atoms with E-state index in [1.54, 1.807) is 50.7 Å². The van der Waals surface area contributed by atoms with Gasteiger partial charge in [0.1, 0.15) is 17.5 Å². The Morgan fingerprint density at radius 2 is 1.83 bits per heavy atom. The van der Waals surface area contributed by atoms with Crippen molar-refractivity contribution in [2.75, 3.05) is 33.9 Å². The molecule has 6 N–H and O–H groups in total. The molecule has 1 aromatic heterocycles. The minimum absolute atomic E-state index is 0.0496. The number of rotatable bonds is 9. The van der Waals surface area contributed by atoms with E-state index in [4.69, 9.17) is 15.2 Å². The highest BCUT2D eigenvalue weighted by molar-refractivity contribution is 5.98. The molecule has 0 saturated heterocycles. The van der Waals surface area contributed by atoms with Gasteiger partial charge in [-0.15, -0.1) is 0 Å². The molecule has 1 unspecified atom stereocenters. The van der Waals surface area contributed by atoms with Crippen molar-refractivity contribution < 1.29 is 28.7 Å². The second kappa shape index (κ2) is 17.3. The number of benzene rings is 2. The first kappa shape index (κ1) is 35.9. The molecule has 2 heterocycles. The van der Waals surface area contributed by atoms with Gasteiger partial charge < -0.3 is 41.0 Å². The van der Waals surface area contributed by atoms with Crippen LogP contribution in [0.4, 0.5) is 0 Å². The second-order valence-electron chi connectivity index (χ2n) is 12.5. The van der Waals surface area contributed by atoms with Crippen molar-refractivity contribution in [3.8, 4) is 11.5 Å².